The van der Waals surface area contributed by atoms with Crippen molar-refractivity contribution in [3.05, 3.63) is 35.4 Å². The van der Waals surface area contributed by atoms with Crippen molar-refractivity contribution < 1.29 is 17.9 Å². The van der Waals surface area contributed by atoms with Crippen LogP contribution in [0.4, 0.5) is 0 Å². The summed E-state index contributed by atoms with van der Waals surface area (Å²) in [5, 5.41) is 2.83. The van der Waals surface area contributed by atoms with Gasteiger partial charge in [0.15, 0.2) is 0 Å². The Morgan fingerprint density at radius 2 is 2.04 bits per heavy atom. The second kappa shape index (κ2) is 9.14. The van der Waals surface area contributed by atoms with Gasteiger partial charge in [-0.15, -0.1) is 0 Å². The number of aryl methyl sites for hydroxylation is 1. The zero-order chi connectivity index (χ0) is 19.3. The van der Waals surface area contributed by atoms with Crippen LogP contribution in [0, 0.1) is 6.92 Å². The number of hydrogen-bond acceptors (Lipinski definition) is 5. The molecule has 1 aromatic rings. The summed E-state index contributed by atoms with van der Waals surface area (Å²) in [4.78, 5) is 14.8. The zero-order valence-corrected chi connectivity index (χ0v) is 16.7. The van der Waals surface area contributed by atoms with Crippen LogP contribution in [-0.4, -0.2) is 74.7 Å². The molecule has 0 spiro atoms. The lowest BCUT2D eigenvalue weighted by Crippen LogP contribution is -2.46. The van der Waals surface area contributed by atoms with Gasteiger partial charge in [0.2, 0.25) is 15.9 Å². The highest BCUT2D eigenvalue weighted by atomic mass is 32.2. The van der Waals surface area contributed by atoms with Crippen molar-refractivity contribution in [1.82, 2.24) is 14.5 Å². The number of sulfonamides is 1. The van der Waals surface area contributed by atoms with Crippen LogP contribution in [0.2, 0.25) is 0 Å². The first-order valence-corrected chi connectivity index (χ1v) is 11.2. The third-order valence-electron chi connectivity index (χ3n) is 5.16. The van der Waals surface area contributed by atoms with Gasteiger partial charge in [-0.1, -0.05) is 29.8 Å². The predicted molar refractivity (Wildman–Crippen MR) is 104 cm³/mol. The summed E-state index contributed by atoms with van der Waals surface area (Å²) in [6, 6.07) is 8.13. The maximum Gasteiger partial charge on any atom is 0.237 e. The van der Waals surface area contributed by atoms with Gasteiger partial charge in [-0.2, -0.15) is 4.31 Å². The fourth-order valence-corrected chi connectivity index (χ4v) is 5.06. The Morgan fingerprint density at radius 1 is 1.26 bits per heavy atom. The molecule has 0 aromatic heterocycles. The number of nitrogens with zero attached hydrogens (tertiary/aromatic N) is 2. The van der Waals surface area contributed by atoms with Crippen molar-refractivity contribution in [2.45, 2.75) is 32.4 Å². The lowest BCUT2D eigenvalue weighted by atomic mass is 10.1. The molecule has 2 saturated heterocycles. The Bertz CT molecular complexity index is 747. The SMILES string of the molecule is Cc1cccc(CN2CCCC2C(=O)NCCS(=O)(=O)N2CCOCC2)c1. The summed E-state index contributed by atoms with van der Waals surface area (Å²) in [5.74, 6) is -0.138. The molecule has 1 amide bonds. The maximum atomic E-state index is 12.6. The first-order valence-electron chi connectivity index (χ1n) is 9.58. The van der Waals surface area contributed by atoms with E-state index in [2.05, 4.69) is 35.3 Å². The highest BCUT2D eigenvalue weighted by Gasteiger charge is 2.31. The molecule has 0 aliphatic carbocycles. The molecule has 1 unspecified atom stereocenters. The van der Waals surface area contributed by atoms with E-state index < -0.39 is 10.0 Å². The molecule has 2 fully saturated rings. The molecule has 3 rings (SSSR count). The number of morpholine rings is 1. The average Bonchev–Trinajstić information content (AvgIpc) is 3.10. The number of likely N-dealkylation sites (tertiary alicyclic amines) is 1. The molecule has 1 aromatic carbocycles. The first-order chi connectivity index (χ1) is 13.0. The minimum Gasteiger partial charge on any atom is -0.379 e. The van der Waals surface area contributed by atoms with E-state index in [0.717, 1.165) is 25.9 Å². The van der Waals surface area contributed by atoms with Crippen molar-refractivity contribution in [1.29, 1.82) is 0 Å². The summed E-state index contributed by atoms with van der Waals surface area (Å²) < 4.78 is 31.3. The van der Waals surface area contributed by atoms with Crippen molar-refractivity contribution in [3.63, 3.8) is 0 Å². The van der Waals surface area contributed by atoms with Gasteiger partial charge in [0.05, 0.1) is 25.0 Å². The maximum absolute atomic E-state index is 12.6. The molecule has 27 heavy (non-hydrogen) atoms. The smallest absolute Gasteiger partial charge is 0.237 e. The van der Waals surface area contributed by atoms with E-state index in [9.17, 15) is 13.2 Å². The van der Waals surface area contributed by atoms with Gasteiger partial charge in [0.25, 0.3) is 0 Å². The van der Waals surface area contributed by atoms with Crippen LogP contribution in [0.1, 0.15) is 24.0 Å². The minimum absolute atomic E-state index is 0.0661. The largest absolute Gasteiger partial charge is 0.379 e. The van der Waals surface area contributed by atoms with Gasteiger partial charge in [-0.25, -0.2) is 8.42 Å². The molecule has 2 aliphatic heterocycles. The molecule has 1 atom stereocenters. The fraction of sp³-hybridized carbons (Fsp3) is 0.632. The second-order valence-electron chi connectivity index (χ2n) is 7.24. The quantitative estimate of drug-likeness (QED) is 0.737. The third-order valence-corrected chi connectivity index (χ3v) is 7.03. The topological polar surface area (TPSA) is 79.0 Å². The number of hydrogen-bond donors (Lipinski definition) is 1. The van der Waals surface area contributed by atoms with Crippen molar-refractivity contribution in [2.75, 3.05) is 45.1 Å². The van der Waals surface area contributed by atoms with E-state index in [1.807, 2.05) is 6.07 Å². The zero-order valence-electron chi connectivity index (χ0n) is 15.9. The van der Waals surface area contributed by atoms with Gasteiger partial charge in [0, 0.05) is 26.2 Å². The lowest BCUT2D eigenvalue weighted by molar-refractivity contribution is -0.125. The third kappa shape index (κ3) is 5.51. The van der Waals surface area contributed by atoms with Gasteiger partial charge >= 0.3 is 0 Å². The highest BCUT2D eigenvalue weighted by Crippen LogP contribution is 2.20. The Hall–Kier alpha value is -1.48. The monoisotopic (exact) mass is 395 g/mol. The average molecular weight is 396 g/mol. The molecule has 7 nitrogen and oxygen atoms in total. The number of carbonyl (C=O) groups excluding carboxylic acids is 1. The van der Waals surface area contributed by atoms with E-state index >= 15 is 0 Å². The Balaban J connectivity index is 1.49. The molecule has 2 aliphatic rings. The summed E-state index contributed by atoms with van der Waals surface area (Å²) >= 11 is 0. The van der Waals surface area contributed by atoms with Crippen molar-refractivity contribution >= 4 is 15.9 Å². The predicted octanol–water partition coefficient (Wildman–Crippen LogP) is 0.738. The molecule has 0 radical (unpaired) electrons. The van der Waals surface area contributed by atoms with Crippen LogP contribution < -0.4 is 5.32 Å². The minimum atomic E-state index is -3.34. The number of amides is 1. The summed E-state index contributed by atoms with van der Waals surface area (Å²) in [7, 11) is -3.34. The summed E-state index contributed by atoms with van der Waals surface area (Å²) in [6.45, 7) is 5.49. The van der Waals surface area contributed by atoms with Crippen molar-refractivity contribution in [2.24, 2.45) is 0 Å². The molecule has 2 heterocycles. The number of nitrogens with one attached hydrogen (secondary N) is 1. The van der Waals surface area contributed by atoms with E-state index in [0.29, 0.717) is 26.3 Å². The Labute approximate surface area is 161 Å². The molecule has 1 N–H and O–H groups in total. The Kier molecular flexibility index (Phi) is 6.86. The summed E-state index contributed by atoms with van der Waals surface area (Å²) in [5.41, 5.74) is 2.41. The van der Waals surface area contributed by atoms with Crippen LogP contribution in [0.15, 0.2) is 24.3 Å². The molecule has 0 bridgehead atoms. The normalized spacial score (nSPS) is 22.0. The van der Waals surface area contributed by atoms with Crippen LogP contribution in [0.5, 0.6) is 0 Å². The number of rotatable bonds is 7. The van der Waals surface area contributed by atoms with Crippen LogP contribution in [0.3, 0.4) is 0 Å². The molecular weight excluding hydrogens is 366 g/mol. The molecular formula is C19H29N3O4S. The number of benzene rings is 1. The van der Waals surface area contributed by atoms with Gasteiger partial charge in [0.1, 0.15) is 0 Å². The second-order valence-corrected chi connectivity index (χ2v) is 9.32. The van der Waals surface area contributed by atoms with Gasteiger partial charge in [-0.3, -0.25) is 9.69 Å². The van der Waals surface area contributed by atoms with Crippen LogP contribution >= 0.6 is 0 Å². The first kappa shape index (κ1) is 20.3. The van der Waals surface area contributed by atoms with Crippen molar-refractivity contribution in [3.8, 4) is 0 Å². The number of ether oxygens (including phenoxy) is 1. The number of carbonyl (C=O) groups is 1. The van der Waals surface area contributed by atoms with E-state index in [1.165, 1.54) is 15.4 Å². The van der Waals surface area contributed by atoms with E-state index in [1.54, 1.807) is 0 Å². The molecule has 150 valence electrons. The summed E-state index contributed by atoms with van der Waals surface area (Å²) in [6.07, 6.45) is 1.80. The lowest BCUT2D eigenvalue weighted by Gasteiger charge is -2.26. The molecule has 8 heteroatoms. The van der Waals surface area contributed by atoms with E-state index in [4.69, 9.17) is 4.74 Å². The Morgan fingerprint density at radius 3 is 2.78 bits per heavy atom. The highest BCUT2D eigenvalue weighted by molar-refractivity contribution is 7.89. The van der Waals surface area contributed by atoms with E-state index in [-0.39, 0.29) is 24.2 Å². The fourth-order valence-electron chi connectivity index (χ4n) is 3.73. The van der Waals surface area contributed by atoms with Crippen LogP contribution in [0.25, 0.3) is 0 Å². The standard InChI is InChI=1S/C19H29N3O4S/c1-16-4-2-5-17(14-16)15-21-8-3-6-18(21)19(23)20-7-13-27(24,25)22-9-11-26-12-10-22/h2,4-5,14,18H,3,6-13,15H2,1H3,(H,20,23). The van der Waals surface area contributed by atoms with Gasteiger partial charge < -0.3 is 10.1 Å². The van der Waals surface area contributed by atoms with Crippen LogP contribution in [-0.2, 0) is 26.1 Å². The molecule has 0 saturated carbocycles. The van der Waals surface area contributed by atoms with Gasteiger partial charge in [-0.05, 0) is 31.9 Å².